The fourth-order valence-electron chi connectivity index (χ4n) is 1.88. The summed E-state index contributed by atoms with van der Waals surface area (Å²) in [6, 6.07) is 7.42. The lowest BCUT2D eigenvalue weighted by molar-refractivity contribution is 0.0527. The van der Waals surface area contributed by atoms with Crippen molar-refractivity contribution in [1.29, 1.82) is 0 Å². The van der Waals surface area contributed by atoms with E-state index in [0.717, 1.165) is 6.42 Å². The van der Waals surface area contributed by atoms with Gasteiger partial charge in [0.25, 0.3) is 0 Å². The standard InChI is InChI=1S/C15H19N3O3/c1-3-9-21-13-8-6-5-7-12(13)18-14(16)11(10-17-18)15(19)20-4-2/h5-8,10H,3-4,9,16H2,1-2H3. The maximum absolute atomic E-state index is 11.8. The van der Waals surface area contributed by atoms with Crippen molar-refractivity contribution >= 4 is 11.8 Å². The molecule has 6 heteroatoms. The van der Waals surface area contributed by atoms with Crippen molar-refractivity contribution < 1.29 is 14.3 Å². The predicted octanol–water partition coefficient (Wildman–Crippen LogP) is 2.42. The summed E-state index contributed by atoms with van der Waals surface area (Å²) >= 11 is 0. The second-order valence-electron chi connectivity index (χ2n) is 4.39. The molecule has 2 rings (SSSR count). The average molecular weight is 289 g/mol. The first-order chi connectivity index (χ1) is 10.2. The predicted molar refractivity (Wildman–Crippen MR) is 79.7 cm³/mol. The van der Waals surface area contributed by atoms with Gasteiger partial charge in [-0.15, -0.1) is 0 Å². The van der Waals surface area contributed by atoms with Crippen LogP contribution < -0.4 is 10.5 Å². The molecule has 1 aromatic heterocycles. The van der Waals surface area contributed by atoms with Crippen LogP contribution in [0, 0.1) is 0 Å². The number of para-hydroxylation sites is 2. The minimum Gasteiger partial charge on any atom is -0.491 e. The smallest absolute Gasteiger partial charge is 0.343 e. The van der Waals surface area contributed by atoms with Crippen LogP contribution in [0.4, 0.5) is 5.82 Å². The van der Waals surface area contributed by atoms with E-state index >= 15 is 0 Å². The van der Waals surface area contributed by atoms with Crippen molar-refractivity contribution in [3.63, 3.8) is 0 Å². The number of rotatable bonds is 6. The highest BCUT2D eigenvalue weighted by Crippen LogP contribution is 2.26. The van der Waals surface area contributed by atoms with Gasteiger partial charge in [0, 0.05) is 0 Å². The van der Waals surface area contributed by atoms with Crippen LogP contribution >= 0.6 is 0 Å². The minimum absolute atomic E-state index is 0.237. The lowest BCUT2D eigenvalue weighted by Crippen LogP contribution is -2.10. The SMILES string of the molecule is CCCOc1ccccc1-n1ncc(C(=O)OCC)c1N. The normalized spacial score (nSPS) is 10.4. The monoisotopic (exact) mass is 289 g/mol. The fourth-order valence-corrected chi connectivity index (χ4v) is 1.88. The lowest BCUT2D eigenvalue weighted by atomic mass is 10.3. The molecule has 0 atom stereocenters. The van der Waals surface area contributed by atoms with E-state index in [1.54, 1.807) is 6.92 Å². The number of hydrogen-bond donors (Lipinski definition) is 1. The van der Waals surface area contributed by atoms with Gasteiger partial charge in [0.05, 0.1) is 19.4 Å². The Labute approximate surface area is 123 Å². The number of anilines is 1. The largest absolute Gasteiger partial charge is 0.491 e. The molecule has 0 aliphatic heterocycles. The quantitative estimate of drug-likeness (QED) is 0.826. The van der Waals surface area contributed by atoms with Crippen LogP contribution in [0.15, 0.2) is 30.5 Å². The zero-order valence-electron chi connectivity index (χ0n) is 12.2. The van der Waals surface area contributed by atoms with Gasteiger partial charge in [0.15, 0.2) is 0 Å². The maximum Gasteiger partial charge on any atom is 0.343 e. The molecule has 0 saturated carbocycles. The molecule has 0 amide bonds. The minimum atomic E-state index is -0.479. The molecule has 112 valence electrons. The first kappa shape index (κ1) is 14.9. The van der Waals surface area contributed by atoms with Crippen LogP contribution in [0.25, 0.3) is 5.69 Å². The number of aromatic nitrogens is 2. The van der Waals surface area contributed by atoms with Crippen molar-refractivity contribution in [2.24, 2.45) is 0 Å². The molecule has 1 aromatic carbocycles. The maximum atomic E-state index is 11.8. The average Bonchev–Trinajstić information content (AvgIpc) is 2.87. The van der Waals surface area contributed by atoms with E-state index < -0.39 is 5.97 Å². The number of ether oxygens (including phenoxy) is 2. The third kappa shape index (κ3) is 3.16. The Morgan fingerprint density at radius 1 is 1.33 bits per heavy atom. The van der Waals surface area contributed by atoms with Crippen LogP contribution in [-0.4, -0.2) is 29.0 Å². The summed E-state index contributed by atoms with van der Waals surface area (Å²) in [5, 5.41) is 4.17. The van der Waals surface area contributed by atoms with Gasteiger partial charge < -0.3 is 15.2 Å². The van der Waals surface area contributed by atoms with Gasteiger partial charge in [0.2, 0.25) is 0 Å². The van der Waals surface area contributed by atoms with Crippen LogP contribution in [0.1, 0.15) is 30.6 Å². The zero-order valence-corrected chi connectivity index (χ0v) is 12.2. The Morgan fingerprint density at radius 3 is 2.81 bits per heavy atom. The molecule has 0 aliphatic carbocycles. The van der Waals surface area contributed by atoms with Crippen molar-refractivity contribution in [1.82, 2.24) is 9.78 Å². The molecule has 0 unspecified atom stereocenters. The first-order valence-electron chi connectivity index (χ1n) is 6.91. The van der Waals surface area contributed by atoms with Gasteiger partial charge in [-0.25, -0.2) is 9.48 Å². The van der Waals surface area contributed by atoms with Crippen molar-refractivity contribution in [2.75, 3.05) is 18.9 Å². The van der Waals surface area contributed by atoms with Gasteiger partial charge >= 0.3 is 5.97 Å². The van der Waals surface area contributed by atoms with E-state index in [2.05, 4.69) is 5.10 Å². The Bertz CT molecular complexity index is 622. The number of esters is 1. The van der Waals surface area contributed by atoms with Gasteiger partial charge in [0.1, 0.15) is 22.8 Å². The van der Waals surface area contributed by atoms with Crippen LogP contribution in [0.5, 0.6) is 5.75 Å². The molecule has 0 saturated heterocycles. The second-order valence-corrected chi connectivity index (χ2v) is 4.39. The first-order valence-corrected chi connectivity index (χ1v) is 6.91. The van der Waals surface area contributed by atoms with Crippen LogP contribution in [-0.2, 0) is 4.74 Å². The summed E-state index contributed by atoms with van der Waals surface area (Å²) < 4.78 is 12.1. The summed E-state index contributed by atoms with van der Waals surface area (Å²) in [7, 11) is 0. The Morgan fingerprint density at radius 2 is 2.10 bits per heavy atom. The fraction of sp³-hybridized carbons (Fsp3) is 0.333. The molecule has 0 spiro atoms. The molecular weight excluding hydrogens is 270 g/mol. The molecule has 1 heterocycles. The summed E-state index contributed by atoms with van der Waals surface area (Å²) in [6.45, 7) is 4.67. The summed E-state index contributed by atoms with van der Waals surface area (Å²) in [6.07, 6.45) is 2.31. The Hall–Kier alpha value is -2.50. The molecule has 0 bridgehead atoms. The number of nitrogens with zero attached hydrogens (tertiary/aromatic N) is 2. The summed E-state index contributed by atoms with van der Waals surface area (Å²) in [5.74, 6) is 0.429. The third-order valence-electron chi connectivity index (χ3n) is 2.86. The van der Waals surface area contributed by atoms with Crippen molar-refractivity contribution in [2.45, 2.75) is 20.3 Å². The second kappa shape index (κ2) is 6.78. The molecule has 21 heavy (non-hydrogen) atoms. The van der Waals surface area contributed by atoms with Crippen molar-refractivity contribution in [3.05, 3.63) is 36.0 Å². The van der Waals surface area contributed by atoms with E-state index in [1.165, 1.54) is 10.9 Å². The van der Waals surface area contributed by atoms with Gasteiger partial charge in [-0.05, 0) is 25.5 Å². The molecule has 2 aromatic rings. The number of nitrogens with two attached hydrogens (primary N) is 1. The van der Waals surface area contributed by atoms with Gasteiger partial charge in [-0.2, -0.15) is 5.10 Å². The summed E-state index contributed by atoms with van der Waals surface area (Å²) in [4.78, 5) is 11.8. The van der Waals surface area contributed by atoms with Crippen molar-refractivity contribution in [3.8, 4) is 11.4 Å². The van der Waals surface area contributed by atoms with E-state index in [1.807, 2.05) is 31.2 Å². The van der Waals surface area contributed by atoms with E-state index in [4.69, 9.17) is 15.2 Å². The lowest BCUT2D eigenvalue weighted by Gasteiger charge is -2.12. The molecule has 0 radical (unpaired) electrons. The molecular formula is C15H19N3O3. The highest BCUT2D eigenvalue weighted by Gasteiger charge is 2.18. The Balaban J connectivity index is 2.37. The number of carbonyl (C=O) groups is 1. The molecule has 2 N–H and O–H groups in total. The molecule has 6 nitrogen and oxygen atoms in total. The Kier molecular flexibility index (Phi) is 4.81. The van der Waals surface area contributed by atoms with Crippen LogP contribution in [0.3, 0.4) is 0 Å². The highest BCUT2D eigenvalue weighted by atomic mass is 16.5. The molecule has 0 aliphatic rings. The van der Waals surface area contributed by atoms with E-state index in [9.17, 15) is 4.79 Å². The van der Waals surface area contributed by atoms with E-state index in [0.29, 0.717) is 24.7 Å². The third-order valence-corrected chi connectivity index (χ3v) is 2.86. The highest BCUT2D eigenvalue weighted by molar-refractivity contribution is 5.94. The van der Waals surface area contributed by atoms with E-state index in [-0.39, 0.29) is 11.4 Å². The van der Waals surface area contributed by atoms with Crippen LogP contribution in [0.2, 0.25) is 0 Å². The number of carbonyl (C=O) groups excluding carboxylic acids is 1. The number of benzene rings is 1. The topological polar surface area (TPSA) is 79.4 Å². The zero-order chi connectivity index (χ0) is 15.2. The molecule has 0 fully saturated rings. The number of nitrogen functional groups attached to an aromatic ring is 1. The van der Waals surface area contributed by atoms with Gasteiger partial charge in [-0.3, -0.25) is 0 Å². The summed E-state index contributed by atoms with van der Waals surface area (Å²) in [5.41, 5.74) is 6.95. The number of hydrogen-bond acceptors (Lipinski definition) is 5. The van der Waals surface area contributed by atoms with Gasteiger partial charge in [-0.1, -0.05) is 19.1 Å².